The molecular formula is C17H15Br2NO4S. The number of rotatable bonds is 4. The van der Waals surface area contributed by atoms with Crippen molar-refractivity contribution in [2.75, 3.05) is 0 Å². The summed E-state index contributed by atoms with van der Waals surface area (Å²) in [6.45, 7) is 2.18. The molecular weight excluding hydrogens is 474 g/mol. The summed E-state index contributed by atoms with van der Waals surface area (Å²) in [5, 5.41) is 41.4. The minimum absolute atomic E-state index is 0.208. The molecule has 0 bridgehead atoms. The molecule has 0 aromatic heterocycles. The standard InChI is InChI=1S/C17H15Br2NO4S/c1-8(2-9-3-11(18)15(23)13(21)5-9)17(25)20-7-10-4-12(19)16(24)14(22)6-10/h2-6,21-24H,7H2,1H3,(H,20,25)/b8-2+. The van der Waals surface area contributed by atoms with Crippen LogP contribution >= 0.6 is 44.1 Å². The van der Waals surface area contributed by atoms with E-state index in [1.165, 1.54) is 12.1 Å². The zero-order chi connectivity index (χ0) is 18.7. The Kier molecular flexibility index (Phi) is 6.31. The molecule has 0 amide bonds. The molecule has 0 atom stereocenters. The third kappa shape index (κ3) is 4.87. The van der Waals surface area contributed by atoms with Crippen molar-refractivity contribution < 1.29 is 20.4 Å². The topological polar surface area (TPSA) is 93.0 Å². The van der Waals surface area contributed by atoms with Crippen LogP contribution in [0.1, 0.15) is 18.1 Å². The van der Waals surface area contributed by atoms with E-state index in [2.05, 4.69) is 37.2 Å². The molecule has 0 unspecified atom stereocenters. The molecule has 8 heteroatoms. The lowest BCUT2D eigenvalue weighted by Crippen LogP contribution is -2.21. The predicted molar refractivity (Wildman–Crippen MR) is 108 cm³/mol. The van der Waals surface area contributed by atoms with Crippen molar-refractivity contribution in [3.63, 3.8) is 0 Å². The lowest BCUT2D eigenvalue weighted by atomic mass is 10.1. The van der Waals surface area contributed by atoms with Crippen molar-refractivity contribution in [2.45, 2.75) is 13.5 Å². The van der Waals surface area contributed by atoms with Crippen LogP contribution in [-0.2, 0) is 6.54 Å². The highest BCUT2D eigenvalue weighted by molar-refractivity contribution is 9.10. The van der Waals surface area contributed by atoms with Crippen molar-refractivity contribution in [3.8, 4) is 23.0 Å². The van der Waals surface area contributed by atoms with Crippen LogP contribution in [0.5, 0.6) is 23.0 Å². The molecule has 0 saturated heterocycles. The molecule has 0 spiro atoms. The second kappa shape index (κ2) is 8.07. The Bertz CT molecular complexity index is 822. The van der Waals surface area contributed by atoms with E-state index < -0.39 is 0 Å². The number of halogens is 2. The van der Waals surface area contributed by atoms with Crippen molar-refractivity contribution in [2.24, 2.45) is 0 Å². The van der Waals surface area contributed by atoms with Crippen LogP contribution in [0.25, 0.3) is 6.08 Å². The first-order valence-electron chi connectivity index (χ1n) is 7.07. The number of aromatic hydroxyl groups is 4. The number of hydrogen-bond donors (Lipinski definition) is 5. The summed E-state index contributed by atoms with van der Waals surface area (Å²) in [6, 6.07) is 6.22. The fourth-order valence-corrected chi connectivity index (χ4v) is 3.16. The smallest absolute Gasteiger partial charge is 0.171 e. The quantitative estimate of drug-likeness (QED) is 0.246. The Morgan fingerprint density at radius 1 is 1.00 bits per heavy atom. The fourth-order valence-electron chi connectivity index (χ4n) is 2.07. The van der Waals surface area contributed by atoms with E-state index >= 15 is 0 Å². The van der Waals surface area contributed by atoms with E-state index in [0.29, 0.717) is 26.0 Å². The molecule has 2 rings (SSSR count). The average Bonchev–Trinajstić information content (AvgIpc) is 2.55. The first-order chi connectivity index (χ1) is 11.7. The van der Waals surface area contributed by atoms with Gasteiger partial charge in [0.1, 0.15) is 4.99 Å². The van der Waals surface area contributed by atoms with E-state index in [9.17, 15) is 20.4 Å². The first-order valence-corrected chi connectivity index (χ1v) is 9.06. The Balaban J connectivity index is 2.10. The number of benzene rings is 2. The molecule has 0 saturated carbocycles. The van der Waals surface area contributed by atoms with E-state index in [1.54, 1.807) is 18.2 Å². The van der Waals surface area contributed by atoms with Crippen molar-refractivity contribution in [1.29, 1.82) is 0 Å². The Morgan fingerprint density at radius 2 is 1.56 bits per heavy atom. The highest BCUT2D eigenvalue weighted by Gasteiger charge is 2.09. The third-order valence-electron chi connectivity index (χ3n) is 3.36. The van der Waals surface area contributed by atoms with E-state index in [1.807, 2.05) is 6.92 Å². The maximum absolute atomic E-state index is 9.65. The lowest BCUT2D eigenvalue weighted by Gasteiger charge is -2.11. The summed E-state index contributed by atoms with van der Waals surface area (Å²) in [5.74, 6) is -0.862. The first kappa shape index (κ1) is 19.6. The van der Waals surface area contributed by atoms with Crippen LogP contribution in [0.15, 0.2) is 38.8 Å². The maximum Gasteiger partial charge on any atom is 0.171 e. The van der Waals surface area contributed by atoms with Gasteiger partial charge in [-0.3, -0.25) is 0 Å². The highest BCUT2D eigenvalue weighted by Crippen LogP contribution is 2.35. The molecule has 0 fully saturated rings. The second-order valence-corrected chi connectivity index (χ2v) is 7.44. The summed E-state index contributed by atoms with van der Waals surface area (Å²) in [4.78, 5) is 0.493. The van der Waals surface area contributed by atoms with Crippen molar-refractivity contribution in [3.05, 3.63) is 49.9 Å². The van der Waals surface area contributed by atoms with Crippen LogP contribution in [-0.4, -0.2) is 25.4 Å². The molecule has 25 heavy (non-hydrogen) atoms. The minimum atomic E-state index is -0.225. The molecule has 0 aliphatic carbocycles. The van der Waals surface area contributed by atoms with E-state index in [-0.39, 0.29) is 23.0 Å². The van der Waals surface area contributed by atoms with Gasteiger partial charge in [-0.2, -0.15) is 0 Å². The normalized spacial score (nSPS) is 11.4. The van der Waals surface area contributed by atoms with Gasteiger partial charge in [-0.1, -0.05) is 12.2 Å². The summed E-state index contributed by atoms with van der Waals surface area (Å²) in [6.07, 6.45) is 1.77. The average molecular weight is 489 g/mol. The second-order valence-electron chi connectivity index (χ2n) is 5.33. The van der Waals surface area contributed by atoms with Gasteiger partial charge in [0, 0.05) is 6.54 Å². The van der Waals surface area contributed by atoms with Gasteiger partial charge in [-0.25, -0.2) is 0 Å². The molecule has 0 aliphatic rings. The Labute approximate surface area is 166 Å². The van der Waals surface area contributed by atoms with Crippen LogP contribution in [0.3, 0.4) is 0 Å². The number of hydrogen-bond acceptors (Lipinski definition) is 5. The zero-order valence-corrected chi connectivity index (χ0v) is 17.0. The van der Waals surface area contributed by atoms with E-state index in [4.69, 9.17) is 12.2 Å². The monoisotopic (exact) mass is 487 g/mol. The van der Waals surface area contributed by atoms with Crippen LogP contribution in [0, 0.1) is 0 Å². The van der Waals surface area contributed by atoms with Crippen molar-refractivity contribution in [1.82, 2.24) is 5.32 Å². The summed E-state index contributed by atoms with van der Waals surface area (Å²) in [5.41, 5.74) is 2.17. The highest BCUT2D eigenvalue weighted by atomic mass is 79.9. The number of phenols is 4. The van der Waals surface area contributed by atoms with Gasteiger partial charge in [0.25, 0.3) is 0 Å². The van der Waals surface area contributed by atoms with Gasteiger partial charge < -0.3 is 25.7 Å². The number of thiocarbonyl (C=S) groups is 1. The van der Waals surface area contributed by atoms with Crippen molar-refractivity contribution >= 4 is 55.1 Å². The Morgan fingerprint density at radius 3 is 2.12 bits per heavy atom. The van der Waals surface area contributed by atoms with Gasteiger partial charge >= 0.3 is 0 Å². The molecule has 2 aromatic carbocycles. The predicted octanol–water partition coefficient (Wildman–Crippen LogP) is 4.55. The van der Waals surface area contributed by atoms with Gasteiger partial charge in [0.2, 0.25) is 0 Å². The molecule has 0 radical (unpaired) electrons. The number of phenolic OH excluding ortho intramolecular Hbond substituents is 4. The Hall–Kier alpha value is -1.77. The molecule has 0 aliphatic heterocycles. The fraction of sp³-hybridized carbons (Fsp3) is 0.118. The largest absolute Gasteiger partial charge is 0.504 e. The number of nitrogens with one attached hydrogen (secondary N) is 1. The van der Waals surface area contributed by atoms with Gasteiger partial charge in [0.05, 0.1) is 8.95 Å². The summed E-state index contributed by atoms with van der Waals surface area (Å²) >= 11 is 11.7. The minimum Gasteiger partial charge on any atom is -0.504 e. The molecule has 5 nitrogen and oxygen atoms in total. The zero-order valence-electron chi connectivity index (χ0n) is 13.0. The maximum atomic E-state index is 9.65. The molecule has 0 heterocycles. The SMILES string of the molecule is C/C(=C\c1cc(O)c(O)c(Br)c1)C(=S)NCc1cc(O)c(O)c(Br)c1. The lowest BCUT2D eigenvalue weighted by molar-refractivity contribution is 0.401. The summed E-state index contributed by atoms with van der Waals surface area (Å²) < 4.78 is 0.779. The third-order valence-corrected chi connectivity index (χ3v) is 5.04. The summed E-state index contributed by atoms with van der Waals surface area (Å²) in [7, 11) is 0. The molecule has 5 N–H and O–H groups in total. The van der Waals surface area contributed by atoms with Crippen LogP contribution in [0.2, 0.25) is 0 Å². The van der Waals surface area contributed by atoms with Crippen LogP contribution in [0.4, 0.5) is 0 Å². The molecule has 132 valence electrons. The van der Waals surface area contributed by atoms with Crippen LogP contribution < -0.4 is 5.32 Å². The molecule has 2 aromatic rings. The van der Waals surface area contributed by atoms with Gasteiger partial charge in [-0.15, -0.1) is 0 Å². The van der Waals surface area contributed by atoms with Gasteiger partial charge in [0.15, 0.2) is 23.0 Å². The van der Waals surface area contributed by atoms with Gasteiger partial charge in [-0.05, 0) is 85.8 Å². The van der Waals surface area contributed by atoms with E-state index in [0.717, 1.165) is 11.1 Å².